The van der Waals surface area contributed by atoms with Gasteiger partial charge in [-0.2, -0.15) is 0 Å². The van der Waals surface area contributed by atoms with Gasteiger partial charge in [-0.15, -0.1) is 10.2 Å². The average Bonchev–Trinajstić information content (AvgIpc) is 3.38. The second-order valence-electron chi connectivity index (χ2n) is 8.16. The summed E-state index contributed by atoms with van der Waals surface area (Å²) in [6, 6.07) is 9.37. The summed E-state index contributed by atoms with van der Waals surface area (Å²) < 4.78 is 2.36. The van der Waals surface area contributed by atoms with Crippen molar-refractivity contribution in [3.8, 4) is 0 Å². The van der Waals surface area contributed by atoms with Crippen LogP contribution in [-0.2, 0) is 19.6 Å². The lowest BCUT2D eigenvalue weighted by Crippen LogP contribution is -2.36. The smallest absolute Gasteiger partial charge is 0.150 e. The van der Waals surface area contributed by atoms with Gasteiger partial charge in [0.25, 0.3) is 0 Å². The molecule has 4 heterocycles. The Morgan fingerprint density at radius 2 is 1.85 bits per heavy atom. The third-order valence-electron chi connectivity index (χ3n) is 6.32. The summed E-state index contributed by atoms with van der Waals surface area (Å²) in [6.07, 6.45) is 6.44. The van der Waals surface area contributed by atoms with Gasteiger partial charge in [-0.25, -0.2) is 0 Å². The van der Waals surface area contributed by atoms with E-state index in [1.54, 1.807) is 0 Å². The zero-order valence-electron chi connectivity index (χ0n) is 16.1. The zero-order valence-corrected chi connectivity index (χ0v) is 16.1. The number of aromatic nitrogens is 3. The summed E-state index contributed by atoms with van der Waals surface area (Å²) in [7, 11) is 0. The van der Waals surface area contributed by atoms with E-state index in [1.165, 1.54) is 56.4 Å². The van der Waals surface area contributed by atoms with Crippen LogP contribution in [0.2, 0.25) is 0 Å². The highest BCUT2D eigenvalue weighted by Gasteiger charge is 2.27. The van der Waals surface area contributed by atoms with Crippen molar-refractivity contribution in [2.75, 3.05) is 31.1 Å². The van der Waals surface area contributed by atoms with E-state index >= 15 is 0 Å². The van der Waals surface area contributed by atoms with E-state index in [0.717, 1.165) is 44.4 Å². The first-order chi connectivity index (χ1) is 13.4. The predicted molar refractivity (Wildman–Crippen MR) is 107 cm³/mol. The van der Waals surface area contributed by atoms with E-state index in [2.05, 4.69) is 54.1 Å². The third kappa shape index (κ3) is 3.48. The van der Waals surface area contributed by atoms with E-state index in [4.69, 9.17) is 0 Å². The number of anilines is 1. The van der Waals surface area contributed by atoms with Crippen LogP contribution < -0.4 is 10.2 Å². The molecule has 3 aliphatic rings. The number of nitrogens with zero attached hydrogens (tertiary/aromatic N) is 5. The van der Waals surface area contributed by atoms with Crippen molar-refractivity contribution in [2.45, 2.75) is 57.8 Å². The van der Waals surface area contributed by atoms with Crippen LogP contribution in [0.1, 0.15) is 55.4 Å². The summed E-state index contributed by atoms with van der Waals surface area (Å²) >= 11 is 0. The Hall–Kier alpha value is -1.92. The van der Waals surface area contributed by atoms with Crippen LogP contribution >= 0.6 is 0 Å². The van der Waals surface area contributed by atoms with Gasteiger partial charge in [0, 0.05) is 38.4 Å². The van der Waals surface area contributed by atoms with Crippen molar-refractivity contribution in [3.63, 3.8) is 0 Å². The van der Waals surface area contributed by atoms with Crippen LogP contribution in [0.4, 0.5) is 5.69 Å². The normalized spacial score (nSPS) is 23.6. The summed E-state index contributed by atoms with van der Waals surface area (Å²) in [5.74, 6) is 2.27. The molecule has 27 heavy (non-hydrogen) atoms. The minimum absolute atomic E-state index is 0.401. The lowest BCUT2D eigenvalue weighted by molar-refractivity contribution is 0.206. The van der Waals surface area contributed by atoms with Crippen molar-refractivity contribution in [1.82, 2.24) is 25.0 Å². The fraction of sp³-hybridized carbons (Fsp3) is 0.619. The number of benzene rings is 1. The minimum atomic E-state index is 0.401. The molecular formula is C21H30N6. The molecule has 0 spiro atoms. The summed E-state index contributed by atoms with van der Waals surface area (Å²) in [5, 5.41) is 12.6. The highest BCUT2D eigenvalue weighted by atomic mass is 15.3. The first-order valence-electron chi connectivity index (χ1n) is 10.6. The van der Waals surface area contributed by atoms with E-state index in [9.17, 15) is 0 Å². The predicted octanol–water partition coefficient (Wildman–Crippen LogP) is 2.71. The SMILES string of the molecule is c1ccc(N2CCCCC2)c(CN2CCn3c(nnc3C3CCCN3)C2)c1. The van der Waals surface area contributed by atoms with Crippen molar-refractivity contribution >= 4 is 5.69 Å². The minimum Gasteiger partial charge on any atom is -0.371 e. The van der Waals surface area contributed by atoms with E-state index < -0.39 is 0 Å². The van der Waals surface area contributed by atoms with Crippen LogP contribution in [0.3, 0.4) is 0 Å². The molecule has 5 rings (SSSR count). The van der Waals surface area contributed by atoms with Crippen molar-refractivity contribution in [1.29, 1.82) is 0 Å². The first-order valence-corrected chi connectivity index (χ1v) is 10.6. The fourth-order valence-corrected chi connectivity index (χ4v) is 4.86. The van der Waals surface area contributed by atoms with Gasteiger partial charge in [-0.3, -0.25) is 4.90 Å². The molecule has 0 amide bonds. The van der Waals surface area contributed by atoms with Gasteiger partial charge in [-0.05, 0) is 50.3 Å². The average molecular weight is 367 g/mol. The molecule has 1 aromatic heterocycles. The van der Waals surface area contributed by atoms with E-state index in [0.29, 0.717) is 6.04 Å². The van der Waals surface area contributed by atoms with Crippen LogP contribution in [0.5, 0.6) is 0 Å². The number of piperidine rings is 1. The molecule has 0 bridgehead atoms. The lowest BCUT2D eigenvalue weighted by Gasteiger charge is -2.33. The maximum absolute atomic E-state index is 4.53. The highest BCUT2D eigenvalue weighted by molar-refractivity contribution is 5.53. The molecule has 6 heteroatoms. The van der Waals surface area contributed by atoms with Crippen molar-refractivity contribution in [2.24, 2.45) is 0 Å². The van der Waals surface area contributed by atoms with Crippen molar-refractivity contribution < 1.29 is 0 Å². The highest BCUT2D eigenvalue weighted by Crippen LogP contribution is 2.28. The Balaban J connectivity index is 1.30. The third-order valence-corrected chi connectivity index (χ3v) is 6.32. The van der Waals surface area contributed by atoms with Gasteiger partial charge < -0.3 is 14.8 Å². The van der Waals surface area contributed by atoms with Gasteiger partial charge in [0.15, 0.2) is 0 Å². The number of rotatable bonds is 4. The van der Waals surface area contributed by atoms with Gasteiger partial charge in [0.2, 0.25) is 0 Å². The number of hydrogen-bond acceptors (Lipinski definition) is 5. The summed E-state index contributed by atoms with van der Waals surface area (Å²) in [4.78, 5) is 5.10. The molecule has 2 saturated heterocycles. The molecule has 144 valence electrons. The maximum Gasteiger partial charge on any atom is 0.150 e. The molecule has 2 aromatic rings. The van der Waals surface area contributed by atoms with Gasteiger partial charge in [0.05, 0.1) is 12.6 Å². The number of nitrogens with one attached hydrogen (secondary N) is 1. The summed E-state index contributed by atoms with van der Waals surface area (Å²) in [5.41, 5.74) is 2.88. The fourth-order valence-electron chi connectivity index (χ4n) is 4.86. The molecule has 1 aromatic carbocycles. The Bertz CT molecular complexity index is 773. The zero-order chi connectivity index (χ0) is 18.1. The second-order valence-corrected chi connectivity index (χ2v) is 8.16. The van der Waals surface area contributed by atoms with Gasteiger partial charge in [-0.1, -0.05) is 18.2 Å². The lowest BCUT2D eigenvalue weighted by atomic mass is 10.1. The van der Waals surface area contributed by atoms with E-state index in [1.807, 2.05) is 0 Å². The molecular weight excluding hydrogens is 336 g/mol. The Labute approximate surface area is 161 Å². The monoisotopic (exact) mass is 366 g/mol. The Morgan fingerprint density at radius 3 is 2.70 bits per heavy atom. The van der Waals surface area contributed by atoms with Gasteiger partial charge >= 0.3 is 0 Å². The molecule has 0 radical (unpaired) electrons. The standard InChI is InChI=1S/C21H30N6/c1-4-11-26(12-5-1)19-9-3-2-7-17(19)15-25-13-14-27-20(16-25)23-24-21(27)18-8-6-10-22-18/h2-3,7,9,18,22H,1,4-6,8,10-16H2. The maximum atomic E-state index is 4.53. The Morgan fingerprint density at radius 1 is 0.963 bits per heavy atom. The molecule has 1 atom stereocenters. The molecule has 2 fully saturated rings. The molecule has 0 saturated carbocycles. The van der Waals surface area contributed by atoms with Crippen LogP contribution in [0.25, 0.3) is 0 Å². The molecule has 3 aliphatic heterocycles. The molecule has 1 N–H and O–H groups in total. The van der Waals surface area contributed by atoms with Gasteiger partial charge in [0.1, 0.15) is 11.6 Å². The van der Waals surface area contributed by atoms with Crippen LogP contribution in [-0.4, -0.2) is 45.8 Å². The second kappa shape index (κ2) is 7.60. The number of fused-ring (bicyclic) bond motifs is 1. The molecule has 1 unspecified atom stereocenters. The summed E-state index contributed by atoms with van der Waals surface area (Å²) in [6.45, 7) is 7.46. The largest absolute Gasteiger partial charge is 0.371 e. The quantitative estimate of drug-likeness (QED) is 0.902. The molecule has 0 aliphatic carbocycles. The van der Waals surface area contributed by atoms with Crippen LogP contribution in [0.15, 0.2) is 24.3 Å². The first kappa shape index (κ1) is 17.2. The Kier molecular flexibility index (Phi) is 4.84. The number of para-hydroxylation sites is 1. The molecule has 6 nitrogen and oxygen atoms in total. The number of hydrogen-bond donors (Lipinski definition) is 1. The van der Waals surface area contributed by atoms with Crippen LogP contribution in [0, 0.1) is 0 Å². The van der Waals surface area contributed by atoms with Crippen molar-refractivity contribution in [3.05, 3.63) is 41.5 Å². The topological polar surface area (TPSA) is 49.2 Å². The van der Waals surface area contributed by atoms with E-state index in [-0.39, 0.29) is 0 Å².